The van der Waals surface area contributed by atoms with Gasteiger partial charge < -0.3 is 14.4 Å². The van der Waals surface area contributed by atoms with Crippen molar-refractivity contribution < 1.29 is 9.47 Å². The van der Waals surface area contributed by atoms with Gasteiger partial charge in [-0.05, 0) is 12.8 Å². The molecule has 2 fully saturated rings. The Morgan fingerprint density at radius 1 is 1.28 bits per heavy atom. The summed E-state index contributed by atoms with van der Waals surface area (Å²) >= 11 is 3.44. The van der Waals surface area contributed by atoms with E-state index in [9.17, 15) is 0 Å². The van der Waals surface area contributed by atoms with Gasteiger partial charge >= 0.3 is 0 Å². The zero-order valence-electron chi connectivity index (χ0n) is 10.2. The molecule has 2 aliphatic heterocycles. The molecular weight excluding hydrogens is 270 g/mol. The van der Waals surface area contributed by atoms with Crippen molar-refractivity contribution in [3.05, 3.63) is 0 Å². The maximum atomic E-state index is 5.61. The standard InChI is InChI=1S/C11H17N3O2S2/c1-2-9(16-5-1)8-17-11-13-12-10(18-11)14-3-6-15-7-4-14/h9H,1-8H2/t9-/m0/s1. The molecule has 0 radical (unpaired) electrons. The second kappa shape index (κ2) is 6.18. The van der Waals surface area contributed by atoms with Gasteiger partial charge in [-0.25, -0.2) is 0 Å². The van der Waals surface area contributed by atoms with E-state index in [0.717, 1.165) is 48.1 Å². The number of nitrogens with zero attached hydrogens (tertiary/aromatic N) is 3. The number of hydrogen-bond acceptors (Lipinski definition) is 7. The van der Waals surface area contributed by atoms with Gasteiger partial charge in [-0.2, -0.15) is 0 Å². The average Bonchev–Trinajstić information content (AvgIpc) is 3.09. The molecule has 100 valence electrons. The normalized spacial score (nSPS) is 24.7. The number of thioether (sulfide) groups is 1. The monoisotopic (exact) mass is 287 g/mol. The Balaban J connectivity index is 1.52. The fraction of sp³-hybridized carbons (Fsp3) is 0.818. The first-order valence-corrected chi connectivity index (χ1v) is 8.12. The minimum Gasteiger partial charge on any atom is -0.378 e. The first-order chi connectivity index (χ1) is 8.92. The highest BCUT2D eigenvalue weighted by atomic mass is 32.2. The quantitative estimate of drug-likeness (QED) is 0.785. The number of hydrogen-bond donors (Lipinski definition) is 0. The van der Waals surface area contributed by atoms with Gasteiger partial charge in [0.2, 0.25) is 5.13 Å². The van der Waals surface area contributed by atoms with Crippen molar-refractivity contribution in [1.29, 1.82) is 0 Å². The molecule has 0 amide bonds. The van der Waals surface area contributed by atoms with Crippen LogP contribution in [0.2, 0.25) is 0 Å². The van der Waals surface area contributed by atoms with Crippen LogP contribution in [-0.2, 0) is 9.47 Å². The van der Waals surface area contributed by atoms with Gasteiger partial charge in [0.05, 0.1) is 19.3 Å². The summed E-state index contributed by atoms with van der Waals surface area (Å²) in [6.07, 6.45) is 2.79. The van der Waals surface area contributed by atoms with Gasteiger partial charge in [-0.1, -0.05) is 23.1 Å². The maximum Gasteiger partial charge on any atom is 0.209 e. The van der Waals surface area contributed by atoms with E-state index in [1.54, 1.807) is 23.1 Å². The average molecular weight is 287 g/mol. The van der Waals surface area contributed by atoms with E-state index >= 15 is 0 Å². The molecule has 3 heterocycles. The van der Waals surface area contributed by atoms with Crippen LogP contribution in [0.1, 0.15) is 12.8 Å². The van der Waals surface area contributed by atoms with Crippen molar-refractivity contribution >= 4 is 28.2 Å². The number of aromatic nitrogens is 2. The van der Waals surface area contributed by atoms with E-state index in [0.29, 0.717) is 6.10 Å². The largest absolute Gasteiger partial charge is 0.378 e. The van der Waals surface area contributed by atoms with Crippen LogP contribution in [0.5, 0.6) is 0 Å². The molecule has 2 saturated heterocycles. The molecule has 0 aliphatic carbocycles. The van der Waals surface area contributed by atoms with Gasteiger partial charge in [-0.15, -0.1) is 10.2 Å². The van der Waals surface area contributed by atoms with Crippen molar-refractivity contribution in [3.63, 3.8) is 0 Å². The summed E-state index contributed by atoms with van der Waals surface area (Å²) in [6.45, 7) is 4.34. The molecule has 2 aliphatic rings. The van der Waals surface area contributed by atoms with Gasteiger partial charge in [0.15, 0.2) is 4.34 Å². The van der Waals surface area contributed by atoms with E-state index in [2.05, 4.69) is 15.1 Å². The summed E-state index contributed by atoms with van der Waals surface area (Å²) in [5.74, 6) is 0.998. The third kappa shape index (κ3) is 3.14. The van der Waals surface area contributed by atoms with Crippen LogP contribution in [0.4, 0.5) is 5.13 Å². The molecule has 0 N–H and O–H groups in total. The van der Waals surface area contributed by atoms with E-state index in [4.69, 9.17) is 9.47 Å². The van der Waals surface area contributed by atoms with Crippen molar-refractivity contribution in [3.8, 4) is 0 Å². The van der Waals surface area contributed by atoms with E-state index in [1.165, 1.54) is 12.8 Å². The summed E-state index contributed by atoms with van der Waals surface area (Å²) in [4.78, 5) is 2.25. The number of ether oxygens (including phenoxy) is 2. The Morgan fingerprint density at radius 3 is 2.94 bits per heavy atom. The highest BCUT2D eigenvalue weighted by Gasteiger charge is 2.19. The predicted octanol–water partition coefficient (Wildman–Crippen LogP) is 1.65. The van der Waals surface area contributed by atoms with Gasteiger partial charge in [0.25, 0.3) is 0 Å². The number of anilines is 1. The second-order valence-corrected chi connectivity index (χ2v) is 6.62. The minimum absolute atomic E-state index is 0.408. The van der Waals surface area contributed by atoms with Crippen LogP contribution in [0.3, 0.4) is 0 Å². The fourth-order valence-electron chi connectivity index (χ4n) is 2.08. The summed E-state index contributed by atoms with van der Waals surface area (Å²) in [5.41, 5.74) is 0. The van der Waals surface area contributed by atoms with Gasteiger partial charge in [0.1, 0.15) is 0 Å². The van der Waals surface area contributed by atoms with Crippen molar-refractivity contribution in [2.24, 2.45) is 0 Å². The van der Waals surface area contributed by atoms with E-state index < -0.39 is 0 Å². The predicted molar refractivity (Wildman–Crippen MR) is 72.6 cm³/mol. The molecule has 0 bridgehead atoms. The maximum absolute atomic E-state index is 5.61. The first kappa shape index (κ1) is 12.7. The molecule has 1 atom stereocenters. The fourth-order valence-corrected chi connectivity index (χ4v) is 4.07. The zero-order valence-corrected chi connectivity index (χ0v) is 11.8. The molecule has 3 rings (SSSR count). The van der Waals surface area contributed by atoms with Crippen LogP contribution in [0.15, 0.2) is 4.34 Å². The molecule has 0 unspecified atom stereocenters. The lowest BCUT2D eigenvalue weighted by atomic mass is 10.3. The SMILES string of the molecule is C1CO[C@H](CSc2nnc(N3CCOCC3)s2)C1. The van der Waals surface area contributed by atoms with Crippen molar-refractivity contribution in [2.45, 2.75) is 23.3 Å². The second-order valence-electron chi connectivity index (χ2n) is 4.40. The third-order valence-corrected chi connectivity index (χ3v) is 5.34. The molecule has 7 heteroatoms. The summed E-state index contributed by atoms with van der Waals surface area (Å²) in [6, 6.07) is 0. The Kier molecular flexibility index (Phi) is 4.35. The number of rotatable bonds is 4. The summed E-state index contributed by atoms with van der Waals surface area (Å²) in [7, 11) is 0. The highest BCUT2D eigenvalue weighted by Crippen LogP contribution is 2.30. The van der Waals surface area contributed by atoms with Crippen LogP contribution in [0.25, 0.3) is 0 Å². The molecule has 1 aromatic rings. The Labute approximate surface area is 115 Å². The van der Waals surface area contributed by atoms with Crippen LogP contribution >= 0.6 is 23.1 Å². The molecule has 0 saturated carbocycles. The summed E-state index contributed by atoms with van der Waals surface area (Å²) < 4.78 is 12.0. The lowest BCUT2D eigenvalue weighted by Crippen LogP contribution is -2.36. The minimum atomic E-state index is 0.408. The molecule has 5 nitrogen and oxygen atoms in total. The molecule has 1 aromatic heterocycles. The summed E-state index contributed by atoms with van der Waals surface area (Å²) in [5, 5.41) is 9.53. The van der Waals surface area contributed by atoms with Crippen LogP contribution in [0, 0.1) is 0 Å². The van der Waals surface area contributed by atoms with Crippen molar-refractivity contribution in [1.82, 2.24) is 10.2 Å². The number of morpholine rings is 1. The Hall–Kier alpha value is -0.370. The van der Waals surface area contributed by atoms with Gasteiger partial charge in [0, 0.05) is 25.4 Å². The molecular formula is C11H17N3O2S2. The van der Waals surface area contributed by atoms with Crippen LogP contribution in [-0.4, -0.2) is 55.0 Å². The van der Waals surface area contributed by atoms with E-state index in [-0.39, 0.29) is 0 Å². The molecule has 0 spiro atoms. The molecule has 0 aromatic carbocycles. The highest BCUT2D eigenvalue weighted by molar-refractivity contribution is 8.01. The van der Waals surface area contributed by atoms with Crippen molar-refractivity contribution in [2.75, 3.05) is 43.6 Å². The Bertz CT molecular complexity index is 376. The van der Waals surface area contributed by atoms with E-state index in [1.807, 2.05) is 0 Å². The zero-order chi connectivity index (χ0) is 12.2. The lowest BCUT2D eigenvalue weighted by molar-refractivity contribution is 0.122. The smallest absolute Gasteiger partial charge is 0.209 e. The van der Waals surface area contributed by atoms with Gasteiger partial charge in [-0.3, -0.25) is 0 Å². The van der Waals surface area contributed by atoms with Crippen LogP contribution < -0.4 is 4.90 Å². The first-order valence-electron chi connectivity index (χ1n) is 6.32. The third-order valence-electron chi connectivity index (χ3n) is 3.09. The topological polar surface area (TPSA) is 47.5 Å². The lowest BCUT2D eigenvalue weighted by Gasteiger charge is -2.25. The molecule has 18 heavy (non-hydrogen) atoms. The Morgan fingerprint density at radius 2 is 2.17 bits per heavy atom.